The first kappa shape index (κ1) is 27.8. The lowest BCUT2D eigenvalue weighted by atomic mass is 9.80. The van der Waals surface area contributed by atoms with Gasteiger partial charge in [-0.05, 0) is 87.4 Å². The molecule has 3 aromatic rings. The number of carbonyl (C=O) groups excluding carboxylic acids is 3. The van der Waals surface area contributed by atoms with E-state index >= 15 is 0 Å². The van der Waals surface area contributed by atoms with Crippen LogP contribution in [0.2, 0.25) is 0 Å². The SMILES string of the molecule is CNC(C)C(=O)NC1CCC(Nc2cc(-c3c4n(c5cc(F)ccc35)C(=O)CC(C)(C)C4)ccc2C(N)=O)CC1. The van der Waals surface area contributed by atoms with E-state index in [0.717, 1.165) is 47.9 Å². The third-order valence-electron chi connectivity index (χ3n) is 8.39. The van der Waals surface area contributed by atoms with E-state index in [0.29, 0.717) is 29.6 Å². The maximum absolute atomic E-state index is 14.3. The monoisotopic (exact) mass is 547 g/mol. The molecule has 2 amide bonds. The Morgan fingerprint density at radius 2 is 1.75 bits per heavy atom. The largest absolute Gasteiger partial charge is 0.382 e. The first-order valence-corrected chi connectivity index (χ1v) is 14.0. The molecule has 1 unspecified atom stereocenters. The number of anilines is 1. The maximum atomic E-state index is 14.3. The summed E-state index contributed by atoms with van der Waals surface area (Å²) in [4.78, 5) is 37.9. The number of rotatable bonds is 7. The Bertz CT molecular complexity index is 1490. The van der Waals surface area contributed by atoms with Crippen LogP contribution in [0, 0.1) is 11.2 Å². The number of primary amides is 1. The summed E-state index contributed by atoms with van der Waals surface area (Å²) in [6, 6.07) is 10.0. The highest BCUT2D eigenvalue weighted by Gasteiger charge is 2.35. The first-order valence-electron chi connectivity index (χ1n) is 14.0. The van der Waals surface area contributed by atoms with Crippen LogP contribution in [-0.4, -0.2) is 47.5 Å². The zero-order valence-electron chi connectivity index (χ0n) is 23.6. The lowest BCUT2D eigenvalue weighted by Crippen LogP contribution is -2.47. The minimum absolute atomic E-state index is 0.00714. The highest BCUT2D eigenvalue weighted by Crippen LogP contribution is 2.43. The van der Waals surface area contributed by atoms with Gasteiger partial charge in [0, 0.05) is 40.8 Å². The smallest absolute Gasteiger partial charge is 0.250 e. The van der Waals surface area contributed by atoms with Gasteiger partial charge in [-0.3, -0.25) is 19.0 Å². The van der Waals surface area contributed by atoms with Crippen LogP contribution in [0.25, 0.3) is 22.0 Å². The minimum atomic E-state index is -0.529. The number of benzene rings is 2. The van der Waals surface area contributed by atoms with Gasteiger partial charge in [-0.2, -0.15) is 0 Å². The Morgan fingerprint density at radius 1 is 1.05 bits per heavy atom. The van der Waals surface area contributed by atoms with Crippen molar-refractivity contribution in [2.24, 2.45) is 11.1 Å². The van der Waals surface area contributed by atoms with Gasteiger partial charge in [0.15, 0.2) is 0 Å². The molecule has 1 fully saturated rings. The average Bonchev–Trinajstić information content (AvgIpc) is 3.21. The van der Waals surface area contributed by atoms with Gasteiger partial charge in [-0.1, -0.05) is 19.9 Å². The molecular weight excluding hydrogens is 509 g/mol. The Morgan fingerprint density at radius 3 is 2.42 bits per heavy atom. The second-order valence-corrected chi connectivity index (χ2v) is 12.1. The standard InChI is InChI=1S/C31H38FN5O3/c1-17(34-4)30(40)36-21-9-7-20(8-10-21)35-24-13-18(5-11-22(24)29(33)39)28-23-12-6-19(32)14-25(23)37-26(28)15-31(2,3)16-27(37)38/h5-6,11-14,17,20-21,34-35H,7-10,15-16H2,1-4H3,(H2,33,39)(H,36,40). The number of nitrogens with two attached hydrogens (primary N) is 1. The molecule has 1 atom stereocenters. The van der Waals surface area contributed by atoms with E-state index in [2.05, 4.69) is 29.8 Å². The molecule has 2 heterocycles. The average molecular weight is 548 g/mol. The van der Waals surface area contributed by atoms with Crippen LogP contribution in [0.5, 0.6) is 0 Å². The van der Waals surface area contributed by atoms with E-state index in [1.54, 1.807) is 23.7 Å². The van der Waals surface area contributed by atoms with Crippen LogP contribution < -0.4 is 21.7 Å². The predicted octanol–water partition coefficient (Wildman–Crippen LogP) is 4.61. The number of amides is 2. The molecular formula is C31H38FN5O3. The van der Waals surface area contributed by atoms with Crippen molar-refractivity contribution in [1.82, 2.24) is 15.2 Å². The van der Waals surface area contributed by atoms with E-state index in [1.165, 1.54) is 12.1 Å². The molecule has 1 saturated carbocycles. The molecule has 1 aromatic heterocycles. The van der Waals surface area contributed by atoms with Gasteiger partial charge < -0.3 is 21.7 Å². The van der Waals surface area contributed by atoms with E-state index in [4.69, 9.17) is 5.73 Å². The highest BCUT2D eigenvalue weighted by atomic mass is 19.1. The number of hydrogen-bond donors (Lipinski definition) is 4. The Labute approximate surface area is 233 Å². The predicted molar refractivity (Wildman–Crippen MR) is 155 cm³/mol. The number of nitrogens with one attached hydrogen (secondary N) is 3. The number of carbonyl (C=O) groups is 3. The molecule has 40 heavy (non-hydrogen) atoms. The molecule has 1 aliphatic carbocycles. The summed E-state index contributed by atoms with van der Waals surface area (Å²) in [6.45, 7) is 5.97. The van der Waals surface area contributed by atoms with Crippen LogP contribution in [0.4, 0.5) is 10.1 Å². The molecule has 0 radical (unpaired) electrons. The summed E-state index contributed by atoms with van der Waals surface area (Å²) in [5.41, 5.74) is 9.68. The molecule has 5 N–H and O–H groups in total. The Balaban J connectivity index is 1.47. The van der Waals surface area contributed by atoms with Crippen LogP contribution in [-0.2, 0) is 11.2 Å². The fourth-order valence-corrected chi connectivity index (χ4v) is 6.19. The normalized spacial score (nSPS) is 21.1. The summed E-state index contributed by atoms with van der Waals surface area (Å²) in [7, 11) is 1.76. The van der Waals surface area contributed by atoms with E-state index < -0.39 is 11.7 Å². The molecule has 9 heteroatoms. The maximum Gasteiger partial charge on any atom is 0.250 e. The van der Waals surface area contributed by atoms with Crippen LogP contribution in [0.1, 0.15) is 73.7 Å². The zero-order chi connectivity index (χ0) is 28.8. The quantitative estimate of drug-likeness (QED) is 0.345. The molecule has 5 rings (SSSR count). The molecule has 212 valence electrons. The van der Waals surface area contributed by atoms with Crippen molar-refractivity contribution >= 4 is 34.3 Å². The third-order valence-corrected chi connectivity index (χ3v) is 8.39. The third kappa shape index (κ3) is 5.35. The second-order valence-electron chi connectivity index (χ2n) is 12.1. The van der Waals surface area contributed by atoms with E-state index in [9.17, 15) is 18.8 Å². The summed E-state index contributed by atoms with van der Waals surface area (Å²) >= 11 is 0. The fourth-order valence-electron chi connectivity index (χ4n) is 6.19. The fraction of sp³-hybridized carbons (Fsp3) is 0.452. The van der Waals surface area contributed by atoms with Gasteiger partial charge in [-0.15, -0.1) is 0 Å². The lowest BCUT2D eigenvalue weighted by molar-refractivity contribution is -0.123. The molecule has 2 aliphatic rings. The minimum Gasteiger partial charge on any atom is -0.382 e. The summed E-state index contributed by atoms with van der Waals surface area (Å²) in [6.07, 6.45) is 4.34. The Hall–Kier alpha value is -3.72. The van der Waals surface area contributed by atoms with Gasteiger partial charge in [0.05, 0.1) is 17.1 Å². The number of aromatic nitrogens is 1. The van der Waals surface area contributed by atoms with Crippen LogP contribution in [0.3, 0.4) is 0 Å². The number of halogens is 1. The molecule has 1 aliphatic heterocycles. The zero-order valence-corrected chi connectivity index (χ0v) is 23.6. The highest BCUT2D eigenvalue weighted by molar-refractivity contribution is 6.06. The van der Waals surface area contributed by atoms with Crippen molar-refractivity contribution in [2.75, 3.05) is 12.4 Å². The molecule has 8 nitrogen and oxygen atoms in total. The second kappa shape index (κ2) is 10.7. The van der Waals surface area contributed by atoms with E-state index in [1.807, 2.05) is 19.1 Å². The van der Waals surface area contributed by atoms with Crippen LogP contribution in [0.15, 0.2) is 36.4 Å². The molecule has 2 aromatic carbocycles. The van der Waals surface area contributed by atoms with Gasteiger partial charge in [0.1, 0.15) is 5.82 Å². The Kier molecular flexibility index (Phi) is 7.44. The van der Waals surface area contributed by atoms with Gasteiger partial charge in [0.2, 0.25) is 11.8 Å². The van der Waals surface area contributed by atoms with Crippen molar-refractivity contribution in [3.8, 4) is 11.1 Å². The van der Waals surface area contributed by atoms with Gasteiger partial charge in [0.25, 0.3) is 5.91 Å². The number of fused-ring (bicyclic) bond motifs is 3. The van der Waals surface area contributed by atoms with Crippen molar-refractivity contribution in [3.63, 3.8) is 0 Å². The van der Waals surface area contributed by atoms with Gasteiger partial charge in [-0.25, -0.2) is 4.39 Å². The summed E-state index contributed by atoms with van der Waals surface area (Å²) in [5.74, 6) is -0.978. The topological polar surface area (TPSA) is 118 Å². The van der Waals surface area contributed by atoms with Crippen molar-refractivity contribution in [2.45, 2.75) is 77.4 Å². The number of nitrogens with zero attached hydrogens (tertiary/aromatic N) is 1. The van der Waals surface area contributed by atoms with Crippen LogP contribution >= 0.6 is 0 Å². The lowest BCUT2D eigenvalue weighted by Gasteiger charge is -2.31. The van der Waals surface area contributed by atoms with Gasteiger partial charge >= 0.3 is 0 Å². The van der Waals surface area contributed by atoms with Crippen molar-refractivity contribution in [1.29, 1.82) is 0 Å². The summed E-state index contributed by atoms with van der Waals surface area (Å²) in [5, 5.41) is 10.4. The van der Waals surface area contributed by atoms with Crippen molar-refractivity contribution in [3.05, 3.63) is 53.5 Å². The summed E-state index contributed by atoms with van der Waals surface area (Å²) < 4.78 is 16.0. The molecule has 0 bridgehead atoms. The number of likely N-dealkylation sites (N-methyl/N-ethyl adjacent to an activating group) is 1. The number of hydrogen-bond acceptors (Lipinski definition) is 5. The van der Waals surface area contributed by atoms with Crippen molar-refractivity contribution < 1.29 is 18.8 Å². The van der Waals surface area contributed by atoms with E-state index in [-0.39, 0.29) is 35.4 Å². The molecule has 0 spiro atoms. The first-order chi connectivity index (χ1) is 19.0. The molecule has 0 saturated heterocycles.